The number of halogens is 3. The van der Waals surface area contributed by atoms with Gasteiger partial charge in [0.2, 0.25) is 0 Å². The van der Waals surface area contributed by atoms with E-state index in [4.69, 9.17) is 23.2 Å². The smallest absolute Gasteiger partial charge is 0.145 e. The lowest BCUT2D eigenvalue weighted by Crippen LogP contribution is -2.40. The van der Waals surface area contributed by atoms with Crippen LogP contribution in [0.5, 0.6) is 0 Å². The lowest BCUT2D eigenvalue weighted by atomic mass is 9.99. The number of hydrogen-bond acceptors (Lipinski definition) is 4. The van der Waals surface area contributed by atoms with E-state index in [1.807, 2.05) is 48.1 Å². The molecule has 1 aromatic carbocycles. The van der Waals surface area contributed by atoms with Gasteiger partial charge in [0.15, 0.2) is 0 Å². The van der Waals surface area contributed by atoms with Gasteiger partial charge in [-0.15, -0.1) is 6.58 Å². The van der Waals surface area contributed by atoms with Crippen molar-refractivity contribution in [2.24, 2.45) is 11.8 Å². The zero-order valence-corrected chi connectivity index (χ0v) is 25.8. The Morgan fingerprint density at radius 1 is 1.32 bits per heavy atom. The van der Waals surface area contributed by atoms with Crippen LogP contribution in [0.4, 0.5) is 5.82 Å². The van der Waals surface area contributed by atoms with Crippen molar-refractivity contribution in [3.8, 4) is 0 Å². The molecule has 1 saturated heterocycles. The molecular weight excluding hydrogens is 593 g/mol. The molecule has 0 amide bonds. The minimum absolute atomic E-state index is 0.0926. The van der Waals surface area contributed by atoms with E-state index in [-0.39, 0.29) is 5.92 Å². The van der Waals surface area contributed by atoms with E-state index in [1.54, 1.807) is 18.3 Å². The van der Waals surface area contributed by atoms with Gasteiger partial charge in [-0.3, -0.25) is 0 Å². The zero-order valence-electron chi connectivity index (χ0n) is 21.9. The third-order valence-corrected chi connectivity index (χ3v) is 8.60. The molecule has 2 aromatic rings. The Morgan fingerprint density at radius 2 is 2.03 bits per heavy atom. The second-order valence-corrected chi connectivity index (χ2v) is 11.7. The molecule has 0 saturated carbocycles. The fourth-order valence-electron chi connectivity index (χ4n) is 4.07. The van der Waals surface area contributed by atoms with Crippen LogP contribution in [-0.2, 0) is 11.0 Å². The molecule has 10 heteroatoms. The summed E-state index contributed by atoms with van der Waals surface area (Å²) in [6, 6.07) is 7.23. The van der Waals surface area contributed by atoms with Crippen molar-refractivity contribution < 1.29 is 4.21 Å². The van der Waals surface area contributed by atoms with Crippen LogP contribution in [0.3, 0.4) is 0 Å². The molecule has 37 heavy (non-hydrogen) atoms. The molecule has 0 aliphatic carbocycles. The normalized spacial score (nSPS) is 17.8. The summed E-state index contributed by atoms with van der Waals surface area (Å²) in [6.07, 6.45) is 9.24. The lowest BCUT2D eigenvalue weighted by Gasteiger charge is -2.32. The molecule has 1 aliphatic rings. The SMILES string of the molecule is C=CCC(C/C=C(/NCC1CCCN(S(=O)c2ccc(Cl)cc2)C1)n1ncc(Br)c1NC)C(=C)Cl.CC. The van der Waals surface area contributed by atoms with Crippen LogP contribution in [0, 0.1) is 11.8 Å². The number of allylic oxidation sites excluding steroid dienone is 3. The summed E-state index contributed by atoms with van der Waals surface area (Å²) in [6.45, 7) is 14.0. The number of hydrogen-bond donors (Lipinski definition) is 2. The summed E-state index contributed by atoms with van der Waals surface area (Å²) in [5, 5.41) is 12.6. The van der Waals surface area contributed by atoms with Crippen molar-refractivity contribution in [3.63, 3.8) is 0 Å². The topological polar surface area (TPSA) is 62.2 Å². The van der Waals surface area contributed by atoms with E-state index >= 15 is 0 Å². The maximum Gasteiger partial charge on any atom is 0.145 e. The minimum Gasteiger partial charge on any atom is -0.372 e. The van der Waals surface area contributed by atoms with E-state index < -0.39 is 11.0 Å². The van der Waals surface area contributed by atoms with Crippen LogP contribution in [0.25, 0.3) is 5.82 Å². The van der Waals surface area contributed by atoms with Crippen LogP contribution < -0.4 is 10.6 Å². The third-order valence-electron chi connectivity index (χ3n) is 5.98. The van der Waals surface area contributed by atoms with Gasteiger partial charge < -0.3 is 10.6 Å². The van der Waals surface area contributed by atoms with Crippen LogP contribution >= 0.6 is 39.1 Å². The quantitative estimate of drug-likeness (QED) is 0.238. The highest BCUT2D eigenvalue weighted by atomic mass is 79.9. The highest BCUT2D eigenvalue weighted by Gasteiger charge is 2.25. The summed E-state index contributed by atoms with van der Waals surface area (Å²) in [5.74, 6) is 2.15. The molecule has 0 bridgehead atoms. The summed E-state index contributed by atoms with van der Waals surface area (Å²) < 4.78 is 17.9. The zero-order chi connectivity index (χ0) is 27.4. The Morgan fingerprint density at radius 3 is 2.65 bits per heavy atom. The fourth-order valence-corrected chi connectivity index (χ4v) is 6.14. The van der Waals surface area contributed by atoms with E-state index in [9.17, 15) is 4.21 Å². The average molecular weight is 632 g/mol. The number of benzene rings is 1. The van der Waals surface area contributed by atoms with Crippen molar-refractivity contribution >= 4 is 61.8 Å². The van der Waals surface area contributed by atoms with Gasteiger partial charge in [0.05, 0.1) is 15.6 Å². The molecule has 1 fully saturated rings. The van der Waals surface area contributed by atoms with Gasteiger partial charge in [-0.05, 0) is 77.9 Å². The van der Waals surface area contributed by atoms with Gasteiger partial charge >= 0.3 is 0 Å². The Kier molecular flexibility index (Phi) is 14.0. The fraction of sp³-hybridized carbons (Fsp3) is 0.444. The van der Waals surface area contributed by atoms with Crippen molar-refractivity contribution in [2.75, 3.05) is 32.0 Å². The summed E-state index contributed by atoms with van der Waals surface area (Å²) in [7, 11) is 0.660. The Labute approximate surface area is 242 Å². The standard InChI is InChI=1S/C25H32BrCl2N5OS.C2H6/c1-4-6-20(18(2)27)8-13-24(33-25(29-3)23(26)16-31-33)30-15-19-7-5-14-32(17-19)35(34)22-11-9-21(28)10-12-22;1-2/h4,9-13,16,19-20,29-30H,1-2,5-8,14-15,17H2,3H3;1-2H3/b24-13-;. The molecule has 3 unspecified atom stereocenters. The number of aromatic nitrogens is 2. The first-order valence-corrected chi connectivity index (χ1v) is 15.2. The Hall–Kier alpha value is -1.58. The van der Waals surface area contributed by atoms with Crippen molar-refractivity contribution in [2.45, 2.75) is 44.4 Å². The number of nitrogens with zero attached hydrogens (tertiary/aromatic N) is 3. The predicted octanol–water partition coefficient (Wildman–Crippen LogP) is 7.52. The first-order chi connectivity index (χ1) is 17.8. The molecule has 1 aliphatic heterocycles. The summed E-state index contributed by atoms with van der Waals surface area (Å²) in [4.78, 5) is 0.776. The lowest BCUT2D eigenvalue weighted by molar-refractivity contribution is 0.275. The molecular formula is C27H38BrCl2N5OS. The first kappa shape index (κ1) is 31.6. The second-order valence-electron chi connectivity index (χ2n) is 8.48. The molecule has 204 valence electrons. The van der Waals surface area contributed by atoms with Crippen LogP contribution in [0.2, 0.25) is 5.02 Å². The molecule has 0 spiro atoms. The molecule has 2 N–H and O–H groups in total. The highest BCUT2D eigenvalue weighted by Crippen LogP contribution is 2.27. The number of piperidine rings is 1. The van der Waals surface area contributed by atoms with Gasteiger partial charge in [0.1, 0.15) is 22.6 Å². The van der Waals surface area contributed by atoms with E-state index in [2.05, 4.69) is 50.9 Å². The molecule has 2 heterocycles. The maximum absolute atomic E-state index is 13.1. The van der Waals surface area contributed by atoms with Gasteiger partial charge in [-0.25, -0.2) is 13.2 Å². The maximum atomic E-state index is 13.1. The molecule has 3 atom stereocenters. The van der Waals surface area contributed by atoms with Crippen molar-refractivity contribution in [1.29, 1.82) is 0 Å². The first-order valence-electron chi connectivity index (χ1n) is 12.6. The van der Waals surface area contributed by atoms with E-state index in [0.717, 1.165) is 59.9 Å². The molecule has 3 rings (SSSR count). The molecule has 6 nitrogen and oxygen atoms in total. The molecule has 1 aromatic heterocycles. The van der Waals surface area contributed by atoms with Crippen molar-refractivity contribution in [3.05, 3.63) is 70.3 Å². The van der Waals surface area contributed by atoms with Crippen LogP contribution in [0.15, 0.2) is 70.2 Å². The Bertz CT molecular complexity index is 1070. The Balaban J connectivity index is 0.00000235. The minimum atomic E-state index is -1.20. The molecule has 0 radical (unpaired) electrons. The van der Waals surface area contributed by atoms with E-state index in [0.29, 0.717) is 22.4 Å². The van der Waals surface area contributed by atoms with E-state index in [1.165, 1.54) is 0 Å². The van der Waals surface area contributed by atoms with Gasteiger partial charge in [-0.1, -0.05) is 49.7 Å². The van der Waals surface area contributed by atoms with Crippen LogP contribution in [0.1, 0.15) is 39.5 Å². The number of rotatable bonds is 12. The summed E-state index contributed by atoms with van der Waals surface area (Å²) in [5.41, 5.74) is 0. The van der Waals surface area contributed by atoms with Gasteiger partial charge in [0.25, 0.3) is 0 Å². The van der Waals surface area contributed by atoms with Crippen molar-refractivity contribution in [1.82, 2.24) is 19.4 Å². The second kappa shape index (κ2) is 16.4. The average Bonchev–Trinajstić information content (AvgIpc) is 3.29. The largest absolute Gasteiger partial charge is 0.372 e. The number of anilines is 1. The number of nitrogens with one attached hydrogen (secondary N) is 2. The third kappa shape index (κ3) is 9.29. The predicted molar refractivity (Wildman–Crippen MR) is 163 cm³/mol. The van der Waals surface area contributed by atoms with Gasteiger partial charge in [-0.2, -0.15) is 5.10 Å². The van der Waals surface area contributed by atoms with Crippen LogP contribution in [-0.4, -0.2) is 45.0 Å². The van der Waals surface area contributed by atoms with Gasteiger partial charge in [0, 0.05) is 42.7 Å². The highest BCUT2D eigenvalue weighted by molar-refractivity contribution is 9.10. The monoisotopic (exact) mass is 629 g/mol. The summed E-state index contributed by atoms with van der Waals surface area (Å²) >= 11 is 15.8.